The summed E-state index contributed by atoms with van der Waals surface area (Å²) in [6.45, 7) is 2.24. The fraction of sp³-hybridized carbons (Fsp3) is 0.125. The molecule has 2 aromatic carbocycles. The number of halogens is 2. The molecule has 0 saturated carbocycles. The summed E-state index contributed by atoms with van der Waals surface area (Å²) in [5, 5.41) is 10.9. The van der Waals surface area contributed by atoms with Crippen molar-refractivity contribution in [3.63, 3.8) is 0 Å². The maximum absolute atomic E-state index is 13.7. The molecule has 0 fully saturated rings. The van der Waals surface area contributed by atoms with Gasteiger partial charge in [0.15, 0.2) is 4.80 Å². The van der Waals surface area contributed by atoms with Gasteiger partial charge in [-0.1, -0.05) is 17.4 Å². The quantitative estimate of drug-likeness (QED) is 0.526. The third-order valence-corrected chi connectivity index (χ3v) is 4.61. The van der Waals surface area contributed by atoms with E-state index >= 15 is 0 Å². The summed E-state index contributed by atoms with van der Waals surface area (Å²) < 4.78 is 29.7. The maximum atomic E-state index is 13.7. The van der Waals surface area contributed by atoms with Gasteiger partial charge in [-0.05, 0) is 25.1 Å². The Morgan fingerprint density at radius 2 is 1.96 bits per heavy atom. The van der Waals surface area contributed by atoms with Crippen molar-refractivity contribution in [1.82, 2.24) is 4.57 Å². The molecule has 0 aliphatic carbocycles. The van der Waals surface area contributed by atoms with Crippen LogP contribution in [-0.2, 0) is 6.54 Å². The SMILES string of the molecule is CCn1c(=NC(=O)c2c(F)cccc2F)sc2cc([N+](=O)[O-])ccc21. The van der Waals surface area contributed by atoms with E-state index in [1.807, 2.05) is 0 Å². The minimum Gasteiger partial charge on any atom is -0.317 e. The Morgan fingerprint density at radius 1 is 1.28 bits per heavy atom. The average molecular weight is 363 g/mol. The highest BCUT2D eigenvalue weighted by atomic mass is 32.1. The molecule has 0 aliphatic rings. The van der Waals surface area contributed by atoms with Crippen LogP contribution in [0.4, 0.5) is 14.5 Å². The van der Waals surface area contributed by atoms with E-state index in [4.69, 9.17) is 0 Å². The first kappa shape index (κ1) is 16.9. The monoisotopic (exact) mass is 363 g/mol. The summed E-state index contributed by atoms with van der Waals surface area (Å²) in [5.41, 5.74) is -0.165. The van der Waals surface area contributed by atoms with Gasteiger partial charge in [0.2, 0.25) is 0 Å². The first-order chi connectivity index (χ1) is 11.9. The molecule has 25 heavy (non-hydrogen) atoms. The van der Waals surface area contributed by atoms with Crippen molar-refractivity contribution in [1.29, 1.82) is 0 Å². The minimum atomic E-state index is -1.04. The fourth-order valence-corrected chi connectivity index (χ4v) is 3.54. The molecule has 3 rings (SSSR count). The van der Waals surface area contributed by atoms with Gasteiger partial charge in [-0.2, -0.15) is 4.99 Å². The molecule has 0 aliphatic heterocycles. The average Bonchev–Trinajstić information content (AvgIpc) is 2.90. The number of nitro benzene ring substituents is 1. The number of aromatic nitrogens is 1. The third-order valence-electron chi connectivity index (χ3n) is 3.57. The van der Waals surface area contributed by atoms with Crippen LogP contribution in [0, 0.1) is 21.7 Å². The highest BCUT2D eigenvalue weighted by Gasteiger charge is 2.17. The van der Waals surface area contributed by atoms with Gasteiger partial charge in [0.25, 0.3) is 11.6 Å². The van der Waals surface area contributed by atoms with E-state index in [-0.39, 0.29) is 10.5 Å². The Hall–Kier alpha value is -2.94. The van der Waals surface area contributed by atoms with Crippen LogP contribution in [-0.4, -0.2) is 15.4 Å². The third kappa shape index (κ3) is 3.05. The second kappa shape index (κ2) is 6.52. The van der Waals surface area contributed by atoms with Crippen LogP contribution in [0.15, 0.2) is 41.4 Å². The zero-order chi connectivity index (χ0) is 18.1. The lowest BCUT2D eigenvalue weighted by Crippen LogP contribution is -2.17. The zero-order valence-electron chi connectivity index (χ0n) is 12.9. The Morgan fingerprint density at radius 3 is 2.56 bits per heavy atom. The molecule has 6 nitrogen and oxygen atoms in total. The maximum Gasteiger partial charge on any atom is 0.285 e. The van der Waals surface area contributed by atoms with E-state index in [2.05, 4.69) is 4.99 Å². The number of non-ortho nitro benzene ring substituents is 1. The molecule has 9 heteroatoms. The fourth-order valence-electron chi connectivity index (χ4n) is 2.41. The smallest absolute Gasteiger partial charge is 0.285 e. The number of hydrogen-bond acceptors (Lipinski definition) is 4. The van der Waals surface area contributed by atoms with Crippen LogP contribution in [0.25, 0.3) is 10.2 Å². The lowest BCUT2D eigenvalue weighted by atomic mass is 10.2. The molecule has 0 radical (unpaired) electrons. The number of rotatable bonds is 3. The van der Waals surface area contributed by atoms with Gasteiger partial charge in [0, 0.05) is 18.7 Å². The van der Waals surface area contributed by atoms with E-state index in [0.29, 0.717) is 16.8 Å². The van der Waals surface area contributed by atoms with Crippen molar-refractivity contribution in [3.8, 4) is 0 Å². The summed E-state index contributed by atoms with van der Waals surface area (Å²) in [6.07, 6.45) is 0. The Kier molecular flexibility index (Phi) is 4.41. The number of aryl methyl sites for hydroxylation is 1. The summed E-state index contributed by atoms with van der Waals surface area (Å²) >= 11 is 1.04. The molecular formula is C16H11F2N3O3S. The predicted octanol–water partition coefficient (Wildman–Crippen LogP) is 3.65. The van der Waals surface area contributed by atoms with Gasteiger partial charge in [-0.15, -0.1) is 0 Å². The van der Waals surface area contributed by atoms with Crippen LogP contribution >= 0.6 is 11.3 Å². The van der Waals surface area contributed by atoms with Gasteiger partial charge in [0.1, 0.15) is 17.2 Å². The number of amides is 1. The van der Waals surface area contributed by atoms with Gasteiger partial charge in [0.05, 0.1) is 15.1 Å². The molecule has 0 N–H and O–H groups in total. The van der Waals surface area contributed by atoms with Crippen molar-refractivity contribution >= 4 is 33.1 Å². The van der Waals surface area contributed by atoms with E-state index in [9.17, 15) is 23.7 Å². The number of nitro groups is 1. The largest absolute Gasteiger partial charge is 0.317 e. The van der Waals surface area contributed by atoms with Crippen molar-refractivity contribution in [3.05, 3.63) is 68.5 Å². The van der Waals surface area contributed by atoms with E-state index < -0.39 is 28.0 Å². The topological polar surface area (TPSA) is 77.5 Å². The molecule has 0 spiro atoms. The Bertz CT molecular complexity index is 1050. The zero-order valence-corrected chi connectivity index (χ0v) is 13.7. The molecule has 0 atom stereocenters. The first-order valence-corrected chi connectivity index (χ1v) is 8.05. The number of hydrogen-bond donors (Lipinski definition) is 0. The van der Waals surface area contributed by atoms with Crippen molar-refractivity contribution < 1.29 is 18.5 Å². The summed E-state index contributed by atoms with van der Waals surface area (Å²) in [4.78, 5) is 26.6. The van der Waals surface area contributed by atoms with Crippen LogP contribution in [0.1, 0.15) is 17.3 Å². The standard InChI is InChI=1S/C16H11F2N3O3S/c1-2-20-12-7-6-9(21(23)24)8-13(12)25-16(20)19-15(22)14-10(17)4-3-5-11(14)18/h3-8H,2H2,1H3. The number of fused-ring (bicyclic) bond motifs is 1. The second-order valence-electron chi connectivity index (χ2n) is 5.05. The second-order valence-corrected chi connectivity index (χ2v) is 6.06. The lowest BCUT2D eigenvalue weighted by Gasteiger charge is -2.01. The summed E-state index contributed by atoms with van der Waals surface area (Å²) in [7, 11) is 0. The molecule has 1 heterocycles. The Labute approximate surface area is 143 Å². The number of thiazole rings is 1. The van der Waals surface area contributed by atoms with Crippen LogP contribution in [0.3, 0.4) is 0 Å². The molecule has 1 aromatic heterocycles. The molecule has 0 saturated heterocycles. The van der Waals surface area contributed by atoms with E-state index in [0.717, 1.165) is 29.5 Å². The van der Waals surface area contributed by atoms with Crippen molar-refractivity contribution in [2.45, 2.75) is 13.5 Å². The van der Waals surface area contributed by atoms with Crippen molar-refractivity contribution in [2.24, 2.45) is 4.99 Å². The van der Waals surface area contributed by atoms with Crippen LogP contribution in [0.5, 0.6) is 0 Å². The number of nitrogens with zero attached hydrogens (tertiary/aromatic N) is 3. The highest BCUT2D eigenvalue weighted by Crippen LogP contribution is 2.23. The minimum absolute atomic E-state index is 0.0879. The molecule has 1 amide bonds. The highest BCUT2D eigenvalue weighted by molar-refractivity contribution is 7.16. The predicted molar refractivity (Wildman–Crippen MR) is 88.4 cm³/mol. The molecule has 128 valence electrons. The molecule has 3 aromatic rings. The van der Waals surface area contributed by atoms with Gasteiger partial charge in [-0.25, -0.2) is 8.78 Å². The first-order valence-electron chi connectivity index (χ1n) is 7.23. The number of carbonyl (C=O) groups is 1. The van der Waals surface area contributed by atoms with E-state index in [1.54, 1.807) is 17.6 Å². The Balaban J connectivity index is 2.19. The normalized spacial score (nSPS) is 11.9. The van der Waals surface area contributed by atoms with Gasteiger partial charge in [-0.3, -0.25) is 14.9 Å². The number of carbonyl (C=O) groups excluding carboxylic acids is 1. The van der Waals surface area contributed by atoms with E-state index in [1.165, 1.54) is 12.1 Å². The van der Waals surface area contributed by atoms with Crippen LogP contribution in [0.2, 0.25) is 0 Å². The molecule has 0 bridgehead atoms. The molecular weight excluding hydrogens is 352 g/mol. The lowest BCUT2D eigenvalue weighted by molar-refractivity contribution is -0.384. The summed E-state index contributed by atoms with van der Waals surface area (Å²) in [6, 6.07) is 7.40. The molecule has 0 unspecified atom stereocenters. The van der Waals surface area contributed by atoms with Gasteiger partial charge >= 0.3 is 0 Å². The number of benzene rings is 2. The van der Waals surface area contributed by atoms with Crippen molar-refractivity contribution in [2.75, 3.05) is 0 Å². The summed E-state index contributed by atoms with van der Waals surface area (Å²) in [5.74, 6) is -3.03. The van der Waals surface area contributed by atoms with Gasteiger partial charge < -0.3 is 4.57 Å². The van der Waals surface area contributed by atoms with Crippen LogP contribution < -0.4 is 4.80 Å².